The van der Waals surface area contributed by atoms with E-state index in [9.17, 15) is 9.90 Å². The van der Waals surface area contributed by atoms with E-state index in [1.54, 1.807) is 24.3 Å². The first kappa shape index (κ1) is 17.7. The van der Waals surface area contributed by atoms with Crippen molar-refractivity contribution in [2.24, 2.45) is 0 Å². The van der Waals surface area contributed by atoms with Crippen LogP contribution in [0.5, 0.6) is 0 Å². The highest BCUT2D eigenvalue weighted by Gasteiger charge is 2.12. The Morgan fingerprint density at radius 2 is 1.64 bits per heavy atom. The molecule has 0 fully saturated rings. The highest BCUT2D eigenvalue weighted by molar-refractivity contribution is 8.00. The minimum absolute atomic E-state index is 0.201. The average Bonchev–Trinajstić information content (AvgIpc) is 2.63. The van der Waals surface area contributed by atoms with Crippen molar-refractivity contribution >= 4 is 46.8 Å². The highest BCUT2D eigenvalue weighted by Crippen LogP contribution is 2.32. The second-order valence-electron chi connectivity index (χ2n) is 5.21. The van der Waals surface area contributed by atoms with Gasteiger partial charge in [-0.05, 0) is 53.4 Å². The molecule has 126 valence electrons. The van der Waals surface area contributed by atoms with Crippen LogP contribution in [0.15, 0.2) is 71.6 Å². The summed E-state index contributed by atoms with van der Waals surface area (Å²) in [6, 6.07) is 20.2. The van der Waals surface area contributed by atoms with E-state index in [0.717, 1.165) is 16.0 Å². The highest BCUT2D eigenvalue weighted by atomic mass is 35.5. The Kier molecular flexibility index (Phi) is 5.53. The zero-order valence-electron chi connectivity index (χ0n) is 12.9. The lowest BCUT2D eigenvalue weighted by molar-refractivity contribution is 0.0698. The van der Waals surface area contributed by atoms with Crippen LogP contribution in [-0.4, -0.2) is 11.1 Å². The SMILES string of the molecule is O=C(O)c1ccc(-c2ccccc2)cc1NSc1ccc(Cl)c(Cl)c1. The standard InChI is InChI=1S/C19H13Cl2NO2S/c20-16-9-7-14(11-17(16)21)25-22-18-10-13(6-8-15(18)19(23)24)12-4-2-1-3-5-12/h1-11,22H,(H,23,24). The zero-order chi connectivity index (χ0) is 17.8. The van der Waals surface area contributed by atoms with E-state index in [1.165, 1.54) is 11.9 Å². The quantitative estimate of drug-likeness (QED) is 0.490. The number of anilines is 1. The van der Waals surface area contributed by atoms with Crippen LogP contribution in [0.4, 0.5) is 5.69 Å². The monoisotopic (exact) mass is 389 g/mol. The van der Waals surface area contributed by atoms with Crippen LogP contribution in [-0.2, 0) is 0 Å². The summed E-state index contributed by atoms with van der Waals surface area (Å²) in [5, 5.41) is 10.3. The molecule has 0 aliphatic heterocycles. The molecule has 3 aromatic carbocycles. The summed E-state index contributed by atoms with van der Waals surface area (Å²) in [5.41, 5.74) is 2.67. The Morgan fingerprint density at radius 3 is 2.32 bits per heavy atom. The molecule has 0 heterocycles. The number of carboxylic acids is 1. The smallest absolute Gasteiger partial charge is 0.337 e. The third kappa shape index (κ3) is 4.28. The zero-order valence-corrected chi connectivity index (χ0v) is 15.2. The summed E-state index contributed by atoms with van der Waals surface area (Å²) in [4.78, 5) is 12.3. The predicted octanol–water partition coefficient (Wildman–Crippen LogP) is 6.48. The van der Waals surface area contributed by atoms with Gasteiger partial charge in [0, 0.05) is 4.90 Å². The Morgan fingerprint density at radius 1 is 0.880 bits per heavy atom. The molecule has 3 rings (SSSR count). The molecular formula is C19H13Cl2NO2S. The van der Waals surface area contributed by atoms with Gasteiger partial charge in [-0.15, -0.1) is 0 Å². The summed E-state index contributed by atoms with van der Waals surface area (Å²) >= 11 is 13.2. The van der Waals surface area contributed by atoms with Gasteiger partial charge in [-0.3, -0.25) is 0 Å². The Balaban J connectivity index is 1.89. The fourth-order valence-electron chi connectivity index (χ4n) is 2.28. The van der Waals surface area contributed by atoms with Crippen molar-refractivity contribution in [2.75, 3.05) is 4.72 Å². The largest absolute Gasteiger partial charge is 0.478 e. The number of halogens is 2. The molecule has 0 aliphatic rings. The van der Waals surface area contributed by atoms with Crippen molar-refractivity contribution in [1.82, 2.24) is 0 Å². The third-order valence-corrected chi connectivity index (χ3v) is 5.08. The summed E-state index contributed by atoms with van der Waals surface area (Å²) in [7, 11) is 0. The lowest BCUT2D eigenvalue weighted by Crippen LogP contribution is -2.02. The van der Waals surface area contributed by atoms with Gasteiger partial charge in [0.25, 0.3) is 0 Å². The third-order valence-electron chi connectivity index (χ3n) is 3.53. The lowest BCUT2D eigenvalue weighted by atomic mass is 10.0. The molecule has 0 aliphatic carbocycles. The number of nitrogens with one attached hydrogen (secondary N) is 1. The summed E-state index contributed by atoms with van der Waals surface area (Å²) < 4.78 is 3.10. The maximum absolute atomic E-state index is 11.5. The molecule has 0 saturated heterocycles. The molecule has 0 bridgehead atoms. The molecule has 0 aromatic heterocycles. The second kappa shape index (κ2) is 7.83. The topological polar surface area (TPSA) is 49.3 Å². The van der Waals surface area contributed by atoms with Crippen LogP contribution in [0, 0.1) is 0 Å². The molecule has 3 nitrogen and oxygen atoms in total. The molecule has 0 unspecified atom stereocenters. The van der Waals surface area contributed by atoms with Gasteiger partial charge in [-0.2, -0.15) is 0 Å². The van der Waals surface area contributed by atoms with E-state index < -0.39 is 5.97 Å². The lowest BCUT2D eigenvalue weighted by Gasteiger charge is -2.11. The van der Waals surface area contributed by atoms with E-state index in [4.69, 9.17) is 23.2 Å². The average molecular weight is 390 g/mol. The number of hydrogen-bond acceptors (Lipinski definition) is 3. The van der Waals surface area contributed by atoms with E-state index in [-0.39, 0.29) is 5.56 Å². The maximum atomic E-state index is 11.5. The minimum Gasteiger partial charge on any atom is -0.478 e. The van der Waals surface area contributed by atoms with E-state index in [0.29, 0.717) is 15.7 Å². The Bertz CT molecular complexity index is 917. The van der Waals surface area contributed by atoms with Crippen LogP contribution in [0.25, 0.3) is 11.1 Å². The predicted molar refractivity (Wildman–Crippen MR) is 105 cm³/mol. The first-order chi connectivity index (χ1) is 12.0. The van der Waals surface area contributed by atoms with Gasteiger partial charge in [0.15, 0.2) is 0 Å². The number of aromatic carboxylic acids is 1. The van der Waals surface area contributed by atoms with Gasteiger partial charge in [-0.25, -0.2) is 4.79 Å². The number of carboxylic acid groups (broad SMARTS) is 1. The minimum atomic E-state index is -0.989. The van der Waals surface area contributed by atoms with E-state index >= 15 is 0 Å². The van der Waals surface area contributed by atoms with Crippen LogP contribution >= 0.6 is 35.1 Å². The molecule has 0 radical (unpaired) electrons. The molecule has 25 heavy (non-hydrogen) atoms. The van der Waals surface area contributed by atoms with E-state index in [2.05, 4.69) is 4.72 Å². The van der Waals surface area contributed by atoms with Gasteiger partial charge in [0.2, 0.25) is 0 Å². The van der Waals surface area contributed by atoms with Crippen molar-refractivity contribution in [3.63, 3.8) is 0 Å². The number of carbonyl (C=O) groups is 1. The molecule has 2 N–H and O–H groups in total. The first-order valence-corrected chi connectivity index (χ1v) is 8.92. The van der Waals surface area contributed by atoms with Crippen molar-refractivity contribution in [1.29, 1.82) is 0 Å². The molecule has 0 atom stereocenters. The maximum Gasteiger partial charge on any atom is 0.337 e. The van der Waals surface area contributed by atoms with Crippen LogP contribution in [0.1, 0.15) is 10.4 Å². The molecule has 6 heteroatoms. The number of hydrogen-bond donors (Lipinski definition) is 2. The Labute approximate surface area is 159 Å². The molecule has 0 amide bonds. The summed E-state index contributed by atoms with van der Waals surface area (Å²) in [6.07, 6.45) is 0. The normalized spacial score (nSPS) is 10.5. The van der Waals surface area contributed by atoms with Gasteiger partial charge < -0.3 is 9.83 Å². The van der Waals surface area contributed by atoms with Gasteiger partial charge in [-0.1, -0.05) is 59.6 Å². The van der Waals surface area contributed by atoms with Gasteiger partial charge in [0.1, 0.15) is 0 Å². The van der Waals surface area contributed by atoms with Crippen molar-refractivity contribution in [3.05, 3.63) is 82.3 Å². The van der Waals surface area contributed by atoms with Crippen LogP contribution in [0.3, 0.4) is 0 Å². The molecule has 3 aromatic rings. The van der Waals surface area contributed by atoms with E-state index in [1.807, 2.05) is 42.5 Å². The fraction of sp³-hybridized carbons (Fsp3) is 0. The Hall–Kier alpha value is -2.14. The first-order valence-electron chi connectivity index (χ1n) is 7.35. The van der Waals surface area contributed by atoms with Gasteiger partial charge in [0.05, 0.1) is 21.3 Å². The molecule has 0 saturated carbocycles. The van der Waals surface area contributed by atoms with Gasteiger partial charge >= 0.3 is 5.97 Å². The van der Waals surface area contributed by atoms with Crippen molar-refractivity contribution in [3.8, 4) is 11.1 Å². The number of rotatable bonds is 5. The van der Waals surface area contributed by atoms with Crippen molar-refractivity contribution in [2.45, 2.75) is 4.90 Å². The summed E-state index contributed by atoms with van der Waals surface area (Å²) in [6.45, 7) is 0. The molecular weight excluding hydrogens is 377 g/mol. The fourth-order valence-corrected chi connectivity index (χ4v) is 3.35. The molecule has 0 spiro atoms. The van der Waals surface area contributed by atoms with Crippen molar-refractivity contribution < 1.29 is 9.90 Å². The van der Waals surface area contributed by atoms with Crippen LogP contribution < -0.4 is 4.72 Å². The van der Waals surface area contributed by atoms with Crippen LogP contribution in [0.2, 0.25) is 10.0 Å². The summed E-state index contributed by atoms with van der Waals surface area (Å²) in [5.74, 6) is -0.989. The second-order valence-corrected chi connectivity index (χ2v) is 6.91. The number of benzene rings is 3.